The molecule has 0 spiro atoms. The van der Waals surface area contributed by atoms with E-state index in [9.17, 15) is 4.79 Å². The van der Waals surface area contributed by atoms with E-state index in [1.807, 2.05) is 0 Å². The molecule has 0 unspecified atom stereocenters. The minimum absolute atomic E-state index is 0. The molecule has 0 aromatic rings. The second-order valence-corrected chi connectivity index (χ2v) is 5.73. The molecule has 0 bridgehead atoms. The van der Waals surface area contributed by atoms with Crippen LogP contribution in [-0.2, 0) is 4.79 Å². The Labute approximate surface area is 180 Å². The molecule has 0 saturated carbocycles. The summed E-state index contributed by atoms with van der Waals surface area (Å²) in [5.41, 5.74) is 0. The first-order valence-corrected chi connectivity index (χ1v) is 8.64. The molecular weight excluding hydrogens is 295 g/mol. The summed E-state index contributed by atoms with van der Waals surface area (Å²) in [6.07, 6.45) is 21.2. The zero-order valence-electron chi connectivity index (χ0n) is 18.1. The first kappa shape index (κ1) is 27.8. The van der Waals surface area contributed by atoms with Gasteiger partial charge in [0.2, 0.25) is 0 Å². The first-order valence-electron chi connectivity index (χ1n) is 8.64. The van der Waals surface area contributed by atoms with Gasteiger partial charge in [0.1, 0.15) is 0 Å². The fourth-order valence-corrected chi connectivity index (χ4v) is 2.35. The van der Waals surface area contributed by atoms with Crippen LogP contribution in [0.4, 0.5) is 0 Å². The average molecular weight is 333 g/mol. The standard InChI is InChI=1S/C18H34O2.Mg.Na.3H/c1-2-3-4-5-6-7-8-9-10-11-12-13-14-15-16-17-18(19)20;;;;;/h9-10H,2-8,11-17H2,1H3,(H,19,20);;;;;/q;+2;+1;3*-1/b10-9-;;;;;. The van der Waals surface area contributed by atoms with Crippen LogP contribution in [-0.4, -0.2) is 34.1 Å². The molecule has 1 N–H and O–H groups in total. The van der Waals surface area contributed by atoms with Crippen molar-refractivity contribution in [3.05, 3.63) is 12.2 Å². The monoisotopic (exact) mass is 332 g/mol. The number of allylic oxidation sites excluding steroid dienone is 2. The van der Waals surface area contributed by atoms with Crippen molar-refractivity contribution < 1.29 is 43.7 Å². The van der Waals surface area contributed by atoms with Gasteiger partial charge < -0.3 is 9.39 Å². The maximum absolute atomic E-state index is 10.3. The van der Waals surface area contributed by atoms with Crippen molar-refractivity contribution in [2.24, 2.45) is 0 Å². The minimum atomic E-state index is -0.664. The third-order valence-corrected chi connectivity index (χ3v) is 3.65. The minimum Gasteiger partial charge on any atom is -1.00 e. The molecule has 0 heterocycles. The number of carboxylic acid groups (broad SMARTS) is 1. The molecule has 0 amide bonds. The van der Waals surface area contributed by atoms with Crippen molar-refractivity contribution in [1.29, 1.82) is 0 Å². The molecule has 0 aliphatic heterocycles. The quantitative estimate of drug-likeness (QED) is 0.284. The number of unbranched alkanes of at least 4 members (excludes halogenated alkanes) is 11. The summed E-state index contributed by atoms with van der Waals surface area (Å²) in [6, 6.07) is 0. The summed E-state index contributed by atoms with van der Waals surface area (Å²) in [7, 11) is 0. The maximum atomic E-state index is 10.3. The summed E-state index contributed by atoms with van der Waals surface area (Å²) in [4.78, 5) is 10.3. The number of carbonyl (C=O) groups is 1. The Morgan fingerprint density at radius 1 is 0.818 bits per heavy atom. The number of carboxylic acids is 1. The number of hydrogen-bond donors (Lipinski definition) is 1. The predicted octanol–water partition coefficient (Wildman–Crippen LogP) is 3.07. The molecule has 0 radical (unpaired) electrons. The Morgan fingerprint density at radius 3 is 1.68 bits per heavy atom. The van der Waals surface area contributed by atoms with Gasteiger partial charge in [-0.2, -0.15) is 0 Å². The van der Waals surface area contributed by atoms with Crippen molar-refractivity contribution in [3.63, 3.8) is 0 Å². The van der Waals surface area contributed by atoms with E-state index in [1.165, 1.54) is 70.6 Å². The normalized spacial score (nSPS) is 10.2. The number of hydrogen-bond acceptors (Lipinski definition) is 1. The molecule has 0 aliphatic carbocycles. The van der Waals surface area contributed by atoms with Crippen LogP contribution in [0.1, 0.15) is 101 Å². The van der Waals surface area contributed by atoms with Crippen molar-refractivity contribution in [1.82, 2.24) is 0 Å². The number of aliphatic carboxylic acids is 1. The molecule has 2 nitrogen and oxygen atoms in total. The fraction of sp³-hybridized carbons (Fsp3) is 0.833. The van der Waals surface area contributed by atoms with Gasteiger partial charge in [-0.3, -0.25) is 4.79 Å². The summed E-state index contributed by atoms with van der Waals surface area (Å²) >= 11 is 0. The van der Waals surface area contributed by atoms with Crippen molar-refractivity contribution >= 4 is 29.0 Å². The fourth-order valence-electron chi connectivity index (χ4n) is 2.35. The van der Waals surface area contributed by atoms with Gasteiger partial charge in [0, 0.05) is 6.42 Å². The van der Waals surface area contributed by atoms with Gasteiger partial charge in [0.05, 0.1) is 0 Å². The topological polar surface area (TPSA) is 37.3 Å². The van der Waals surface area contributed by atoms with Gasteiger partial charge in [-0.1, -0.05) is 70.4 Å². The molecular formula is C18H37MgNaO2. The third kappa shape index (κ3) is 25.9. The van der Waals surface area contributed by atoms with Crippen LogP contribution in [0.2, 0.25) is 0 Å². The van der Waals surface area contributed by atoms with Gasteiger partial charge in [-0.15, -0.1) is 0 Å². The Balaban J connectivity index is -0.000000180. The predicted molar refractivity (Wildman–Crippen MR) is 96.2 cm³/mol. The zero-order valence-corrected chi connectivity index (χ0v) is 18.5. The molecule has 0 fully saturated rings. The largest absolute Gasteiger partial charge is 2.00 e. The summed E-state index contributed by atoms with van der Waals surface area (Å²) in [5, 5.41) is 8.51. The van der Waals surface area contributed by atoms with Crippen molar-refractivity contribution in [2.45, 2.75) is 96.8 Å². The average Bonchev–Trinajstić information content (AvgIpc) is 2.43. The SMILES string of the molecule is CCCCCCCC/C=C\CCCCCCCC(=O)O.[H-].[H-].[H-].[Mg+2].[Na+]. The second-order valence-electron chi connectivity index (χ2n) is 5.73. The Morgan fingerprint density at radius 2 is 1.23 bits per heavy atom. The molecule has 124 valence electrons. The van der Waals surface area contributed by atoms with E-state index in [4.69, 9.17) is 5.11 Å². The van der Waals surface area contributed by atoms with Gasteiger partial charge >= 0.3 is 58.6 Å². The Bertz CT molecular complexity index is 258. The molecule has 22 heavy (non-hydrogen) atoms. The van der Waals surface area contributed by atoms with E-state index < -0.39 is 5.97 Å². The van der Waals surface area contributed by atoms with Crippen molar-refractivity contribution in [3.8, 4) is 0 Å². The van der Waals surface area contributed by atoms with Crippen LogP contribution >= 0.6 is 0 Å². The van der Waals surface area contributed by atoms with Crippen LogP contribution in [0.3, 0.4) is 0 Å². The third-order valence-electron chi connectivity index (χ3n) is 3.65. The molecule has 0 aromatic heterocycles. The smallest absolute Gasteiger partial charge is 1.00 e. The van der Waals surface area contributed by atoms with E-state index in [0.29, 0.717) is 6.42 Å². The molecule has 0 rings (SSSR count). The van der Waals surface area contributed by atoms with E-state index in [-0.39, 0.29) is 56.9 Å². The van der Waals surface area contributed by atoms with E-state index >= 15 is 0 Å². The van der Waals surface area contributed by atoms with Crippen LogP contribution in [0, 0.1) is 0 Å². The molecule has 0 saturated heterocycles. The van der Waals surface area contributed by atoms with Gasteiger partial charge in [0.25, 0.3) is 0 Å². The van der Waals surface area contributed by atoms with E-state index in [1.54, 1.807) is 0 Å². The second kappa shape index (κ2) is 24.2. The molecule has 0 aliphatic rings. The van der Waals surface area contributed by atoms with Crippen molar-refractivity contribution in [2.75, 3.05) is 0 Å². The molecule has 0 atom stereocenters. The van der Waals surface area contributed by atoms with Crippen LogP contribution < -0.4 is 29.6 Å². The zero-order chi connectivity index (χ0) is 14.9. The van der Waals surface area contributed by atoms with Crippen LogP contribution in [0.15, 0.2) is 12.2 Å². The summed E-state index contributed by atoms with van der Waals surface area (Å²) in [6.45, 7) is 2.26. The Hall–Kier alpha value is 0.976. The van der Waals surface area contributed by atoms with E-state index in [2.05, 4.69) is 19.1 Å². The van der Waals surface area contributed by atoms with Gasteiger partial charge in [0.15, 0.2) is 0 Å². The maximum Gasteiger partial charge on any atom is 2.00 e. The molecule has 0 aromatic carbocycles. The van der Waals surface area contributed by atoms with Gasteiger partial charge in [-0.25, -0.2) is 0 Å². The van der Waals surface area contributed by atoms with E-state index in [0.717, 1.165) is 12.8 Å². The molecule has 4 heteroatoms. The first-order chi connectivity index (χ1) is 9.77. The van der Waals surface area contributed by atoms with Gasteiger partial charge in [-0.05, 0) is 32.1 Å². The summed E-state index contributed by atoms with van der Waals surface area (Å²) in [5.74, 6) is -0.664. The van der Waals surface area contributed by atoms with Crippen LogP contribution in [0.5, 0.6) is 0 Å². The Kier molecular flexibility index (Phi) is 30.6. The number of rotatable bonds is 15. The van der Waals surface area contributed by atoms with Crippen LogP contribution in [0.25, 0.3) is 0 Å². The summed E-state index contributed by atoms with van der Waals surface area (Å²) < 4.78 is 0.